The van der Waals surface area contributed by atoms with Crippen LogP contribution in [0.15, 0.2) is 18.2 Å². The van der Waals surface area contributed by atoms with Gasteiger partial charge in [0.25, 0.3) is 0 Å². The fourth-order valence-corrected chi connectivity index (χ4v) is 4.83. The van der Waals surface area contributed by atoms with Crippen LogP contribution in [0.1, 0.15) is 30.1 Å². The minimum atomic E-state index is -2.38. The highest BCUT2D eigenvalue weighted by atomic mass is 19.1. The lowest BCUT2D eigenvalue weighted by Crippen LogP contribution is -2.58. The number of halogens is 1. The van der Waals surface area contributed by atoms with E-state index < -0.39 is 29.0 Å². The van der Waals surface area contributed by atoms with Crippen LogP contribution < -0.4 is 9.80 Å². The molecule has 0 bridgehead atoms. The average Bonchev–Trinajstić information content (AvgIpc) is 3.64. The van der Waals surface area contributed by atoms with Crippen LogP contribution in [0, 0.1) is 11.2 Å². The number of likely N-dealkylation sites (N-methyl/N-ethyl adjacent to an activating group) is 1. The van der Waals surface area contributed by atoms with Gasteiger partial charge < -0.3 is 24.5 Å². The summed E-state index contributed by atoms with van der Waals surface area (Å²) >= 11 is 0. The first-order valence-corrected chi connectivity index (χ1v) is 11.6. The van der Waals surface area contributed by atoms with Crippen LogP contribution in [-0.2, 0) is 14.3 Å². The lowest BCUT2D eigenvalue weighted by Gasteiger charge is -2.38. The molecule has 34 heavy (non-hydrogen) atoms. The minimum Gasteiger partial charge on any atom is -0.480 e. The number of carbonyl (C=O) groups excluding carboxylic acids is 2. The van der Waals surface area contributed by atoms with Crippen molar-refractivity contribution in [2.75, 3.05) is 56.2 Å². The van der Waals surface area contributed by atoms with Gasteiger partial charge >= 0.3 is 11.9 Å². The Morgan fingerprint density at radius 3 is 2.53 bits per heavy atom. The number of aromatic nitrogens is 1. The molecule has 1 saturated carbocycles. The number of ketones is 1. The summed E-state index contributed by atoms with van der Waals surface area (Å²) in [6, 6.07) is 4.47. The molecule has 2 fully saturated rings. The molecule has 2 aliphatic heterocycles. The molecule has 9 nitrogen and oxygen atoms in total. The molecular weight excluding hydrogens is 443 g/mol. The van der Waals surface area contributed by atoms with E-state index in [9.17, 15) is 19.5 Å². The van der Waals surface area contributed by atoms with Gasteiger partial charge in [0.15, 0.2) is 5.78 Å². The molecule has 3 heterocycles. The molecule has 180 valence electrons. The molecule has 1 aliphatic carbocycles. The summed E-state index contributed by atoms with van der Waals surface area (Å²) in [5.74, 6) is -3.60. The summed E-state index contributed by atoms with van der Waals surface area (Å²) in [5, 5.41) is 10.4. The van der Waals surface area contributed by atoms with Gasteiger partial charge in [-0.25, -0.2) is 9.37 Å². The number of Topliss-reactive ketones (excluding diaryl/α,β-unsaturated/α-hetero) is 1. The largest absolute Gasteiger partial charge is 0.480 e. The van der Waals surface area contributed by atoms with E-state index in [-0.39, 0.29) is 24.8 Å². The van der Waals surface area contributed by atoms with Crippen LogP contribution in [0.3, 0.4) is 0 Å². The Kier molecular flexibility index (Phi) is 5.43. The number of aliphatic carboxylic acids is 1. The zero-order valence-corrected chi connectivity index (χ0v) is 19.2. The monoisotopic (exact) mass is 470 g/mol. The maximum absolute atomic E-state index is 15.1. The average molecular weight is 471 g/mol. The van der Waals surface area contributed by atoms with Crippen molar-refractivity contribution in [3.63, 3.8) is 0 Å². The predicted octanol–water partition coefficient (Wildman–Crippen LogP) is 1.92. The molecule has 1 aromatic heterocycles. The Labute approximate surface area is 196 Å². The van der Waals surface area contributed by atoms with E-state index in [1.165, 1.54) is 12.1 Å². The van der Waals surface area contributed by atoms with Crippen molar-refractivity contribution in [1.29, 1.82) is 0 Å². The molecule has 1 unspecified atom stereocenters. The molecule has 1 aromatic carbocycles. The molecule has 0 amide bonds. The second-order valence-corrected chi connectivity index (χ2v) is 9.27. The van der Waals surface area contributed by atoms with Crippen molar-refractivity contribution in [2.45, 2.75) is 25.8 Å². The number of esters is 1. The number of carboxylic acids is 1. The van der Waals surface area contributed by atoms with Crippen molar-refractivity contribution in [3.05, 3.63) is 29.6 Å². The van der Waals surface area contributed by atoms with Crippen molar-refractivity contribution >= 4 is 40.1 Å². The van der Waals surface area contributed by atoms with E-state index in [2.05, 4.69) is 4.90 Å². The third-order valence-corrected chi connectivity index (χ3v) is 7.00. The molecule has 1 saturated heterocycles. The van der Waals surface area contributed by atoms with E-state index in [1.54, 1.807) is 17.9 Å². The normalized spacial score (nSPS) is 23.2. The fourth-order valence-electron chi connectivity index (χ4n) is 4.83. The molecule has 0 spiro atoms. The van der Waals surface area contributed by atoms with Crippen molar-refractivity contribution in [2.24, 2.45) is 5.41 Å². The second kappa shape index (κ2) is 8.19. The number of anilines is 2. The zero-order valence-electron chi connectivity index (χ0n) is 19.2. The first kappa shape index (κ1) is 22.5. The number of carbonyl (C=O) groups is 3. The Morgan fingerprint density at radius 1 is 1.21 bits per heavy atom. The van der Waals surface area contributed by atoms with Gasteiger partial charge in [-0.2, -0.15) is 0 Å². The summed E-state index contributed by atoms with van der Waals surface area (Å²) < 4.78 is 20.1. The van der Waals surface area contributed by atoms with Gasteiger partial charge in [-0.3, -0.25) is 14.4 Å². The topological polar surface area (TPSA) is 103 Å². The van der Waals surface area contributed by atoms with Crippen molar-refractivity contribution in [1.82, 2.24) is 9.88 Å². The smallest absolute Gasteiger partial charge is 0.333 e. The van der Waals surface area contributed by atoms with Gasteiger partial charge in [0.2, 0.25) is 5.41 Å². The van der Waals surface area contributed by atoms with Crippen LogP contribution in [0.2, 0.25) is 0 Å². The maximum atomic E-state index is 15.1. The van der Waals surface area contributed by atoms with Gasteiger partial charge in [0, 0.05) is 37.6 Å². The Bertz CT molecular complexity index is 1190. The number of carboxylic acid groups (broad SMARTS) is 1. The quantitative estimate of drug-likeness (QED) is 0.519. The van der Waals surface area contributed by atoms with Crippen LogP contribution >= 0.6 is 0 Å². The molecule has 1 N–H and O–H groups in total. The number of ether oxygens (including phenoxy) is 1. The third-order valence-electron chi connectivity index (χ3n) is 7.00. The highest BCUT2D eigenvalue weighted by molar-refractivity contribution is 6.28. The Balaban J connectivity index is 1.63. The number of hydrogen-bond acceptors (Lipinski definition) is 8. The Morgan fingerprint density at radius 2 is 1.91 bits per heavy atom. The summed E-state index contributed by atoms with van der Waals surface area (Å²) in [4.78, 5) is 49.2. The van der Waals surface area contributed by atoms with E-state index in [1.807, 2.05) is 11.9 Å². The molecular formula is C24H27FN4O5. The molecule has 0 radical (unpaired) electrons. The SMILES string of the molecule is CCOC(=O)C1(C(=O)O)CN(C2CC2)c2nc3cc(N4CCN(C)CC4)c(F)cc3cc2C1=O. The van der Waals surface area contributed by atoms with E-state index in [0.717, 1.165) is 25.9 Å². The first-order valence-electron chi connectivity index (χ1n) is 11.6. The molecule has 2 aromatic rings. The van der Waals surface area contributed by atoms with Crippen molar-refractivity contribution in [3.8, 4) is 0 Å². The molecule has 5 rings (SSSR count). The molecule has 3 aliphatic rings. The maximum Gasteiger partial charge on any atom is 0.333 e. The number of pyridine rings is 1. The van der Waals surface area contributed by atoms with Gasteiger partial charge in [0.1, 0.15) is 11.6 Å². The zero-order chi connectivity index (χ0) is 24.2. The first-order chi connectivity index (χ1) is 16.3. The number of nitrogens with zero attached hydrogens (tertiary/aromatic N) is 4. The second-order valence-electron chi connectivity index (χ2n) is 9.27. The number of benzene rings is 1. The van der Waals surface area contributed by atoms with E-state index in [4.69, 9.17) is 9.72 Å². The third kappa shape index (κ3) is 3.48. The number of hydrogen-bond donors (Lipinski definition) is 1. The van der Waals surface area contributed by atoms with Crippen LogP contribution in [0.4, 0.5) is 15.9 Å². The van der Waals surface area contributed by atoms with Crippen LogP contribution in [-0.4, -0.2) is 85.1 Å². The standard InChI is InChI=1S/C24H27FN4O5/c1-3-34-23(33)24(22(31)32)13-29(15-4-5-15)21-16(20(24)30)10-14-11-17(25)19(12-18(14)26-21)28-8-6-27(2)7-9-28/h10-12,15H,3-9,13H2,1-2H3,(H,31,32). The summed E-state index contributed by atoms with van der Waals surface area (Å²) in [7, 11) is 2.03. The van der Waals surface area contributed by atoms with E-state index >= 15 is 4.39 Å². The van der Waals surface area contributed by atoms with Gasteiger partial charge in [-0.15, -0.1) is 0 Å². The number of piperazine rings is 1. The molecule has 1 atom stereocenters. The summed E-state index contributed by atoms with van der Waals surface area (Å²) in [6.45, 7) is 4.21. The van der Waals surface area contributed by atoms with Gasteiger partial charge in [-0.1, -0.05) is 0 Å². The highest BCUT2D eigenvalue weighted by Crippen LogP contribution is 2.44. The predicted molar refractivity (Wildman–Crippen MR) is 123 cm³/mol. The Hall–Kier alpha value is -3.27. The van der Waals surface area contributed by atoms with Gasteiger partial charge in [0.05, 0.1) is 29.9 Å². The van der Waals surface area contributed by atoms with Gasteiger partial charge in [-0.05, 0) is 45.0 Å². The van der Waals surface area contributed by atoms with Crippen LogP contribution in [0.25, 0.3) is 10.9 Å². The highest BCUT2D eigenvalue weighted by Gasteiger charge is 2.60. The lowest BCUT2D eigenvalue weighted by atomic mass is 9.76. The minimum absolute atomic E-state index is 0.00727. The van der Waals surface area contributed by atoms with Crippen LogP contribution in [0.5, 0.6) is 0 Å². The summed E-state index contributed by atoms with van der Waals surface area (Å²) in [5.41, 5.74) is -1.39. The van der Waals surface area contributed by atoms with E-state index in [0.29, 0.717) is 35.5 Å². The van der Waals surface area contributed by atoms with Crippen molar-refractivity contribution < 1.29 is 28.6 Å². The number of rotatable bonds is 5. The lowest BCUT2D eigenvalue weighted by molar-refractivity contribution is -0.163. The summed E-state index contributed by atoms with van der Waals surface area (Å²) in [6.07, 6.45) is 1.61. The fraction of sp³-hybridized carbons (Fsp3) is 0.500. The number of fused-ring (bicyclic) bond motifs is 2. The molecule has 10 heteroatoms.